The number of ether oxygens (including phenoxy) is 1. The Labute approximate surface area is 158 Å². The molecule has 1 saturated heterocycles. The molecule has 1 fully saturated rings. The number of benzene rings is 2. The smallest absolute Gasteiger partial charge is 0.251 e. The quantitative estimate of drug-likeness (QED) is 0.881. The lowest BCUT2D eigenvalue weighted by molar-refractivity contribution is -0.131. The Morgan fingerprint density at radius 1 is 1.11 bits per heavy atom. The number of hydrogen-bond donors (Lipinski definition) is 1. The Bertz CT molecular complexity index is 799. The van der Waals surface area contributed by atoms with Gasteiger partial charge in [-0.3, -0.25) is 9.59 Å². The van der Waals surface area contributed by atoms with Crippen molar-refractivity contribution in [2.45, 2.75) is 25.3 Å². The Morgan fingerprint density at radius 3 is 2.44 bits per heavy atom. The highest BCUT2D eigenvalue weighted by molar-refractivity contribution is 5.94. The number of amides is 2. The number of methoxy groups -OCH3 is 1. The molecule has 0 radical (unpaired) electrons. The monoisotopic (exact) mass is 370 g/mol. The Balaban J connectivity index is 1.50. The largest absolute Gasteiger partial charge is 0.496 e. The van der Waals surface area contributed by atoms with Gasteiger partial charge in [0.05, 0.1) is 13.5 Å². The van der Waals surface area contributed by atoms with Crippen LogP contribution in [0, 0.1) is 5.82 Å². The number of para-hydroxylation sites is 1. The number of piperidine rings is 1. The van der Waals surface area contributed by atoms with Gasteiger partial charge >= 0.3 is 0 Å². The lowest BCUT2D eigenvalue weighted by Crippen LogP contribution is -2.47. The zero-order valence-electron chi connectivity index (χ0n) is 15.3. The van der Waals surface area contributed by atoms with Crippen molar-refractivity contribution in [1.82, 2.24) is 10.2 Å². The molecule has 2 aromatic rings. The van der Waals surface area contributed by atoms with Crippen molar-refractivity contribution in [2.24, 2.45) is 0 Å². The van der Waals surface area contributed by atoms with Crippen LogP contribution < -0.4 is 10.1 Å². The van der Waals surface area contributed by atoms with E-state index < -0.39 is 0 Å². The van der Waals surface area contributed by atoms with Crippen molar-refractivity contribution < 1.29 is 18.7 Å². The van der Waals surface area contributed by atoms with Crippen LogP contribution in [-0.4, -0.2) is 43.0 Å². The summed E-state index contributed by atoms with van der Waals surface area (Å²) < 4.78 is 18.3. The molecule has 27 heavy (non-hydrogen) atoms. The van der Waals surface area contributed by atoms with Crippen molar-refractivity contribution in [1.29, 1.82) is 0 Å². The van der Waals surface area contributed by atoms with E-state index in [1.54, 1.807) is 7.11 Å². The van der Waals surface area contributed by atoms with E-state index >= 15 is 0 Å². The normalized spacial score (nSPS) is 14.7. The number of carbonyl (C=O) groups excluding carboxylic acids is 2. The van der Waals surface area contributed by atoms with E-state index in [0.29, 0.717) is 43.7 Å². The maximum atomic E-state index is 13.0. The summed E-state index contributed by atoms with van der Waals surface area (Å²) in [6.45, 7) is 1.20. The first kappa shape index (κ1) is 18.9. The van der Waals surface area contributed by atoms with E-state index in [-0.39, 0.29) is 23.7 Å². The van der Waals surface area contributed by atoms with E-state index in [0.717, 1.165) is 5.56 Å². The predicted octanol–water partition coefficient (Wildman–Crippen LogP) is 2.80. The van der Waals surface area contributed by atoms with E-state index in [4.69, 9.17) is 4.74 Å². The van der Waals surface area contributed by atoms with Gasteiger partial charge < -0.3 is 15.0 Å². The third kappa shape index (κ3) is 4.84. The lowest BCUT2D eigenvalue weighted by atomic mass is 10.0. The number of likely N-dealkylation sites (tertiary alicyclic amines) is 1. The van der Waals surface area contributed by atoms with Crippen LogP contribution in [0.2, 0.25) is 0 Å². The van der Waals surface area contributed by atoms with E-state index in [2.05, 4.69) is 5.32 Å². The molecule has 6 heteroatoms. The second-order valence-corrected chi connectivity index (χ2v) is 6.62. The predicted molar refractivity (Wildman–Crippen MR) is 100 cm³/mol. The van der Waals surface area contributed by atoms with Gasteiger partial charge in [0, 0.05) is 30.3 Å². The average molecular weight is 370 g/mol. The number of carbonyl (C=O) groups is 2. The van der Waals surface area contributed by atoms with Crippen LogP contribution in [-0.2, 0) is 11.2 Å². The summed E-state index contributed by atoms with van der Waals surface area (Å²) in [6.07, 6.45) is 1.70. The van der Waals surface area contributed by atoms with E-state index in [1.165, 1.54) is 24.3 Å². The van der Waals surface area contributed by atoms with Crippen LogP contribution in [0.5, 0.6) is 5.75 Å². The molecule has 2 aromatic carbocycles. The minimum atomic E-state index is -0.367. The Morgan fingerprint density at radius 2 is 1.78 bits per heavy atom. The first-order valence-electron chi connectivity index (χ1n) is 9.03. The molecule has 1 aliphatic heterocycles. The number of halogens is 1. The number of hydrogen-bond acceptors (Lipinski definition) is 3. The first-order valence-corrected chi connectivity index (χ1v) is 9.03. The molecule has 3 rings (SSSR count). The van der Waals surface area contributed by atoms with Gasteiger partial charge in [0.2, 0.25) is 5.91 Å². The first-order chi connectivity index (χ1) is 13.1. The molecule has 0 unspecified atom stereocenters. The maximum absolute atomic E-state index is 13.0. The summed E-state index contributed by atoms with van der Waals surface area (Å²) in [4.78, 5) is 26.6. The van der Waals surface area contributed by atoms with Crippen LogP contribution in [0.15, 0.2) is 48.5 Å². The summed E-state index contributed by atoms with van der Waals surface area (Å²) in [6, 6.07) is 13.0. The van der Waals surface area contributed by atoms with Gasteiger partial charge in [0.25, 0.3) is 5.91 Å². The molecule has 1 heterocycles. The summed E-state index contributed by atoms with van der Waals surface area (Å²) in [5, 5.41) is 2.96. The van der Waals surface area contributed by atoms with E-state index in [1.807, 2.05) is 29.2 Å². The molecule has 2 amide bonds. The molecule has 0 saturated carbocycles. The molecule has 142 valence electrons. The van der Waals surface area contributed by atoms with Gasteiger partial charge in [-0.15, -0.1) is 0 Å². The van der Waals surface area contributed by atoms with Crippen molar-refractivity contribution in [3.8, 4) is 5.75 Å². The fourth-order valence-corrected chi connectivity index (χ4v) is 3.27. The summed E-state index contributed by atoms with van der Waals surface area (Å²) >= 11 is 0. The number of nitrogens with zero attached hydrogens (tertiary/aromatic N) is 1. The summed E-state index contributed by atoms with van der Waals surface area (Å²) in [7, 11) is 1.60. The second-order valence-electron chi connectivity index (χ2n) is 6.62. The lowest BCUT2D eigenvalue weighted by Gasteiger charge is -2.32. The molecular formula is C21H23FN2O3. The molecular weight excluding hydrogens is 347 g/mol. The zero-order valence-corrected chi connectivity index (χ0v) is 15.3. The van der Waals surface area contributed by atoms with Crippen molar-refractivity contribution in [3.05, 3.63) is 65.5 Å². The van der Waals surface area contributed by atoms with Gasteiger partial charge in [0.1, 0.15) is 11.6 Å². The second kappa shape index (κ2) is 8.66. The number of nitrogens with one attached hydrogen (secondary N) is 1. The zero-order chi connectivity index (χ0) is 19.2. The van der Waals surface area contributed by atoms with Gasteiger partial charge in [-0.2, -0.15) is 0 Å². The van der Waals surface area contributed by atoms with Crippen LogP contribution in [0.4, 0.5) is 4.39 Å². The molecule has 0 bridgehead atoms. The van der Waals surface area contributed by atoms with Crippen LogP contribution in [0.1, 0.15) is 28.8 Å². The van der Waals surface area contributed by atoms with E-state index in [9.17, 15) is 14.0 Å². The van der Waals surface area contributed by atoms with Crippen molar-refractivity contribution in [2.75, 3.05) is 20.2 Å². The highest BCUT2D eigenvalue weighted by Gasteiger charge is 2.24. The Kier molecular flexibility index (Phi) is 6.06. The molecule has 0 spiro atoms. The minimum Gasteiger partial charge on any atom is -0.496 e. The van der Waals surface area contributed by atoms with Gasteiger partial charge in [0.15, 0.2) is 0 Å². The van der Waals surface area contributed by atoms with Crippen molar-refractivity contribution in [3.63, 3.8) is 0 Å². The maximum Gasteiger partial charge on any atom is 0.251 e. The topological polar surface area (TPSA) is 58.6 Å². The highest BCUT2D eigenvalue weighted by atomic mass is 19.1. The van der Waals surface area contributed by atoms with Crippen LogP contribution in [0.25, 0.3) is 0 Å². The SMILES string of the molecule is COc1ccccc1CC(=O)N1CCC(NC(=O)c2ccc(F)cc2)CC1. The standard InChI is InChI=1S/C21H23FN2O3/c1-27-19-5-3-2-4-16(19)14-20(25)24-12-10-18(11-13-24)23-21(26)15-6-8-17(22)9-7-15/h2-9,18H,10-14H2,1H3,(H,23,26). The summed E-state index contributed by atoms with van der Waals surface area (Å²) in [5.41, 5.74) is 1.31. The average Bonchev–Trinajstić information content (AvgIpc) is 2.69. The van der Waals surface area contributed by atoms with Gasteiger partial charge in [-0.25, -0.2) is 4.39 Å². The van der Waals surface area contributed by atoms with Crippen LogP contribution in [0.3, 0.4) is 0 Å². The number of rotatable bonds is 5. The third-order valence-electron chi connectivity index (χ3n) is 4.82. The van der Waals surface area contributed by atoms with Gasteiger partial charge in [-0.05, 0) is 43.2 Å². The highest BCUT2D eigenvalue weighted by Crippen LogP contribution is 2.20. The fourth-order valence-electron chi connectivity index (χ4n) is 3.27. The molecule has 0 aromatic heterocycles. The fraction of sp³-hybridized carbons (Fsp3) is 0.333. The minimum absolute atomic E-state index is 0.0119. The van der Waals surface area contributed by atoms with Crippen LogP contribution >= 0.6 is 0 Å². The van der Waals surface area contributed by atoms with Crippen molar-refractivity contribution >= 4 is 11.8 Å². The molecule has 1 aliphatic rings. The molecule has 0 aliphatic carbocycles. The molecule has 5 nitrogen and oxygen atoms in total. The van der Waals surface area contributed by atoms with Gasteiger partial charge in [-0.1, -0.05) is 18.2 Å². The molecule has 0 atom stereocenters. The summed E-state index contributed by atoms with van der Waals surface area (Å²) in [5.74, 6) is 0.192. The third-order valence-corrected chi connectivity index (χ3v) is 4.82. The molecule has 1 N–H and O–H groups in total. The Hall–Kier alpha value is -2.89.